The van der Waals surface area contributed by atoms with Gasteiger partial charge in [0.15, 0.2) is 5.96 Å². The largest absolute Gasteiger partial charge is 0.356 e. The molecule has 0 spiro atoms. The van der Waals surface area contributed by atoms with Crippen molar-refractivity contribution in [2.75, 3.05) is 26.7 Å². The molecule has 1 atom stereocenters. The molecular formula is C18H33IN4O. The molecule has 6 heteroatoms. The second-order valence-corrected chi connectivity index (χ2v) is 7.86. The molecule has 0 aromatic rings. The molecule has 24 heavy (non-hydrogen) atoms. The van der Waals surface area contributed by atoms with Crippen molar-refractivity contribution >= 4 is 35.8 Å². The lowest BCUT2D eigenvalue weighted by atomic mass is 9.98. The number of halogens is 1. The van der Waals surface area contributed by atoms with Crippen molar-refractivity contribution in [1.82, 2.24) is 15.5 Å². The van der Waals surface area contributed by atoms with Gasteiger partial charge in [-0.05, 0) is 49.9 Å². The second kappa shape index (κ2) is 8.72. The summed E-state index contributed by atoms with van der Waals surface area (Å²) in [5.74, 6) is 4.01. The number of amides is 1. The average molecular weight is 448 g/mol. The van der Waals surface area contributed by atoms with Crippen LogP contribution in [0.3, 0.4) is 0 Å². The van der Waals surface area contributed by atoms with Crippen molar-refractivity contribution in [3.05, 3.63) is 0 Å². The lowest BCUT2D eigenvalue weighted by molar-refractivity contribution is -0.133. The molecule has 0 aromatic heterocycles. The minimum atomic E-state index is 0. The molecule has 1 aliphatic heterocycles. The van der Waals surface area contributed by atoms with Crippen molar-refractivity contribution in [2.24, 2.45) is 28.7 Å². The van der Waals surface area contributed by atoms with Crippen molar-refractivity contribution in [3.63, 3.8) is 0 Å². The summed E-state index contributed by atoms with van der Waals surface area (Å²) in [5, 5.41) is 7.05. The molecule has 3 aliphatic rings. The van der Waals surface area contributed by atoms with Gasteiger partial charge in [-0.3, -0.25) is 9.79 Å². The topological polar surface area (TPSA) is 56.7 Å². The van der Waals surface area contributed by atoms with Crippen molar-refractivity contribution in [3.8, 4) is 0 Å². The molecule has 0 aromatic carbocycles. The zero-order valence-corrected chi connectivity index (χ0v) is 17.6. The van der Waals surface area contributed by atoms with Crippen LogP contribution in [-0.4, -0.2) is 49.5 Å². The van der Waals surface area contributed by atoms with Crippen LogP contribution in [-0.2, 0) is 4.79 Å². The lowest BCUT2D eigenvalue weighted by Crippen LogP contribution is -2.46. The van der Waals surface area contributed by atoms with Gasteiger partial charge in [0.05, 0.1) is 0 Å². The fourth-order valence-corrected chi connectivity index (χ4v) is 3.81. The maximum absolute atomic E-state index is 12.1. The highest BCUT2D eigenvalue weighted by molar-refractivity contribution is 14.0. The standard InChI is InChI=1S/C18H32N4O.HI/c1-12(2)17(23)22-9-8-15(11-22)21-18(19-3)20-10-16(13-4-5-13)14-6-7-14;/h12-16H,4-11H2,1-3H3,(H2,19,20,21);1H. The summed E-state index contributed by atoms with van der Waals surface area (Å²) in [5.41, 5.74) is 0. The van der Waals surface area contributed by atoms with Gasteiger partial charge in [0.25, 0.3) is 0 Å². The molecule has 3 fully saturated rings. The molecule has 1 saturated heterocycles. The maximum Gasteiger partial charge on any atom is 0.225 e. The molecule has 1 unspecified atom stereocenters. The highest BCUT2D eigenvalue weighted by Crippen LogP contribution is 2.48. The van der Waals surface area contributed by atoms with Crippen LogP contribution in [0.25, 0.3) is 0 Å². The summed E-state index contributed by atoms with van der Waals surface area (Å²) in [6.07, 6.45) is 6.69. The summed E-state index contributed by atoms with van der Waals surface area (Å²) >= 11 is 0. The molecule has 2 saturated carbocycles. The first kappa shape index (κ1) is 19.8. The van der Waals surface area contributed by atoms with Crippen LogP contribution in [0.5, 0.6) is 0 Å². The van der Waals surface area contributed by atoms with Gasteiger partial charge >= 0.3 is 0 Å². The summed E-state index contributed by atoms with van der Waals surface area (Å²) in [6.45, 7) is 6.65. The Bertz CT molecular complexity index is 448. The van der Waals surface area contributed by atoms with Crippen LogP contribution in [0, 0.1) is 23.7 Å². The van der Waals surface area contributed by atoms with Crippen LogP contribution in [0.1, 0.15) is 46.0 Å². The van der Waals surface area contributed by atoms with Gasteiger partial charge in [-0.2, -0.15) is 0 Å². The monoisotopic (exact) mass is 448 g/mol. The van der Waals surface area contributed by atoms with Crippen LogP contribution >= 0.6 is 24.0 Å². The smallest absolute Gasteiger partial charge is 0.225 e. The van der Waals surface area contributed by atoms with E-state index >= 15 is 0 Å². The van der Waals surface area contributed by atoms with Gasteiger partial charge in [0, 0.05) is 38.6 Å². The molecule has 138 valence electrons. The van der Waals surface area contributed by atoms with Gasteiger partial charge in [-0.1, -0.05) is 13.8 Å². The zero-order valence-electron chi connectivity index (χ0n) is 15.3. The molecule has 1 heterocycles. The minimum Gasteiger partial charge on any atom is -0.356 e. The van der Waals surface area contributed by atoms with Crippen LogP contribution in [0.15, 0.2) is 4.99 Å². The first-order valence-corrected chi connectivity index (χ1v) is 9.34. The predicted octanol–water partition coefficient (Wildman–Crippen LogP) is 2.46. The van der Waals surface area contributed by atoms with E-state index in [9.17, 15) is 4.79 Å². The van der Waals surface area contributed by atoms with Crippen LogP contribution < -0.4 is 10.6 Å². The number of aliphatic imine (C=N–C) groups is 1. The minimum absolute atomic E-state index is 0. The van der Waals surface area contributed by atoms with E-state index in [-0.39, 0.29) is 35.8 Å². The predicted molar refractivity (Wildman–Crippen MR) is 109 cm³/mol. The normalized spacial score (nSPS) is 24.3. The Kier molecular flexibility index (Phi) is 7.19. The first-order chi connectivity index (χ1) is 11.1. The van der Waals surface area contributed by atoms with Crippen molar-refractivity contribution < 1.29 is 4.79 Å². The molecule has 5 nitrogen and oxygen atoms in total. The zero-order chi connectivity index (χ0) is 16.4. The highest BCUT2D eigenvalue weighted by atomic mass is 127. The Morgan fingerprint density at radius 2 is 1.79 bits per heavy atom. The summed E-state index contributed by atoms with van der Waals surface area (Å²) < 4.78 is 0. The molecular weight excluding hydrogens is 415 g/mol. The first-order valence-electron chi connectivity index (χ1n) is 9.34. The lowest BCUT2D eigenvalue weighted by Gasteiger charge is -2.22. The summed E-state index contributed by atoms with van der Waals surface area (Å²) in [7, 11) is 1.84. The van der Waals surface area contributed by atoms with Gasteiger partial charge in [-0.15, -0.1) is 24.0 Å². The molecule has 1 amide bonds. The SMILES string of the molecule is CN=C(NCC(C1CC1)C1CC1)NC1CCN(C(=O)C(C)C)C1.I. The Morgan fingerprint density at radius 1 is 1.17 bits per heavy atom. The number of guanidine groups is 1. The Hall–Kier alpha value is -0.530. The number of rotatable bonds is 6. The van der Waals surface area contributed by atoms with E-state index < -0.39 is 0 Å². The van der Waals surface area contributed by atoms with E-state index in [0.29, 0.717) is 6.04 Å². The Morgan fingerprint density at radius 3 is 2.29 bits per heavy atom. The van der Waals surface area contributed by atoms with Crippen molar-refractivity contribution in [2.45, 2.75) is 52.0 Å². The fraction of sp³-hybridized carbons (Fsp3) is 0.889. The number of carbonyl (C=O) groups excluding carboxylic acids is 1. The maximum atomic E-state index is 12.1. The third-order valence-electron chi connectivity index (χ3n) is 5.52. The molecule has 0 radical (unpaired) electrons. The molecule has 2 aliphatic carbocycles. The third-order valence-corrected chi connectivity index (χ3v) is 5.52. The van der Waals surface area contributed by atoms with Crippen LogP contribution in [0.4, 0.5) is 0 Å². The van der Waals surface area contributed by atoms with Crippen molar-refractivity contribution in [1.29, 1.82) is 0 Å². The average Bonchev–Trinajstić information content (AvgIpc) is 3.46. The van der Waals surface area contributed by atoms with Gasteiger partial charge in [0.1, 0.15) is 0 Å². The summed E-state index contributed by atoms with van der Waals surface area (Å²) in [4.78, 5) is 18.4. The van der Waals surface area contributed by atoms with E-state index in [1.807, 2.05) is 25.8 Å². The number of hydrogen-bond donors (Lipinski definition) is 2. The van der Waals surface area contributed by atoms with Gasteiger partial charge in [0.2, 0.25) is 5.91 Å². The number of likely N-dealkylation sites (tertiary alicyclic amines) is 1. The number of nitrogens with one attached hydrogen (secondary N) is 2. The van der Waals surface area contributed by atoms with E-state index in [0.717, 1.165) is 49.8 Å². The molecule has 2 N–H and O–H groups in total. The Balaban J connectivity index is 0.00000208. The number of nitrogens with zero attached hydrogens (tertiary/aromatic N) is 2. The second-order valence-electron chi connectivity index (χ2n) is 7.86. The third kappa shape index (κ3) is 5.23. The van der Waals surface area contributed by atoms with E-state index in [1.165, 1.54) is 25.7 Å². The van der Waals surface area contributed by atoms with Crippen LogP contribution in [0.2, 0.25) is 0 Å². The van der Waals surface area contributed by atoms with E-state index in [2.05, 4.69) is 15.6 Å². The van der Waals surface area contributed by atoms with E-state index in [1.54, 1.807) is 0 Å². The van der Waals surface area contributed by atoms with Gasteiger partial charge < -0.3 is 15.5 Å². The Labute approximate surface area is 163 Å². The highest BCUT2D eigenvalue weighted by Gasteiger charge is 2.41. The van der Waals surface area contributed by atoms with Gasteiger partial charge in [-0.25, -0.2) is 0 Å². The number of hydrogen-bond acceptors (Lipinski definition) is 2. The molecule has 3 rings (SSSR count). The number of carbonyl (C=O) groups is 1. The summed E-state index contributed by atoms with van der Waals surface area (Å²) in [6, 6.07) is 0.323. The fourth-order valence-electron chi connectivity index (χ4n) is 3.81. The van der Waals surface area contributed by atoms with E-state index in [4.69, 9.17) is 0 Å². The quantitative estimate of drug-likeness (QED) is 0.373. The molecule has 0 bridgehead atoms.